The van der Waals surface area contributed by atoms with Crippen LogP contribution >= 0.6 is 0 Å². The van der Waals surface area contributed by atoms with E-state index in [4.69, 9.17) is 4.74 Å². The Hall–Kier alpha value is -1.12. The third-order valence-corrected chi connectivity index (χ3v) is 14.5. The van der Waals surface area contributed by atoms with Gasteiger partial charge in [-0.1, -0.05) is 93.6 Å². The Morgan fingerprint density at radius 3 is 2.24 bits per heavy atom. The quantitative estimate of drug-likeness (QED) is 0.227. The molecule has 0 aromatic rings. The highest BCUT2D eigenvalue weighted by Crippen LogP contribution is 2.75. The minimum atomic E-state index is -0.129. The predicted octanol–water partition coefficient (Wildman–Crippen LogP) is 10.3. The number of allylic oxidation sites excluding steroid dienone is 2. The third-order valence-electron chi connectivity index (χ3n) is 14.5. The number of esters is 1. The van der Waals surface area contributed by atoms with Crippen LogP contribution in [0.2, 0.25) is 0 Å². The zero-order chi connectivity index (χ0) is 30.1. The van der Waals surface area contributed by atoms with Crippen LogP contribution in [-0.2, 0) is 14.3 Å². The molecule has 232 valence electrons. The molecule has 0 unspecified atom stereocenters. The number of carbonyl (C=O) groups excluding carboxylic acids is 2. The maximum absolute atomic E-state index is 14.5. The lowest BCUT2D eigenvalue weighted by Crippen LogP contribution is -2.66. The molecule has 41 heavy (non-hydrogen) atoms. The SMILES string of the molecule is CCCCCCCC(=O)O[C@H]1CC[C@]2(C)[C@H]3C(=O)C=C4[C@@H]5CC(C)(C)CC[C@]5(C)CC[C@@]4(C)[C@]3(C)CC[C@H]2C1(C)C. The van der Waals surface area contributed by atoms with E-state index >= 15 is 0 Å². The molecule has 5 aliphatic carbocycles. The number of unbranched alkanes of at least 4 members (excludes halogenated alkanes) is 4. The summed E-state index contributed by atoms with van der Waals surface area (Å²) in [6.07, 6.45) is 18.8. The van der Waals surface area contributed by atoms with Crippen LogP contribution in [0.15, 0.2) is 11.6 Å². The Labute approximate surface area is 252 Å². The Morgan fingerprint density at radius 1 is 0.854 bits per heavy atom. The summed E-state index contributed by atoms with van der Waals surface area (Å²) in [5.74, 6) is 1.37. The van der Waals surface area contributed by atoms with Crippen LogP contribution in [0.3, 0.4) is 0 Å². The van der Waals surface area contributed by atoms with E-state index < -0.39 is 0 Å². The molecule has 0 aromatic carbocycles. The molecule has 0 aliphatic heterocycles. The number of ether oxygens (including phenoxy) is 1. The lowest BCUT2D eigenvalue weighted by molar-refractivity contribution is -0.211. The summed E-state index contributed by atoms with van der Waals surface area (Å²) in [7, 11) is 0. The number of carbonyl (C=O) groups is 2. The van der Waals surface area contributed by atoms with Crippen molar-refractivity contribution in [2.75, 3.05) is 0 Å². The van der Waals surface area contributed by atoms with Crippen LogP contribution in [0, 0.1) is 50.2 Å². The van der Waals surface area contributed by atoms with Crippen LogP contribution in [0.5, 0.6) is 0 Å². The van der Waals surface area contributed by atoms with E-state index in [0.29, 0.717) is 34.9 Å². The Kier molecular flexibility index (Phi) is 8.02. The van der Waals surface area contributed by atoms with E-state index in [9.17, 15) is 9.59 Å². The topological polar surface area (TPSA) is 43.4 Å². The first-order chi connectivity index (χ1) is 19.0. The zero-order valence-corrected chi connectivity index (χ0v) is 28.2. The average molecular weight is 567 g/mol. The van der Waals surface area contributed by atoms with Gasteiger partial charge in [-0.2, -0.15) is 0 Å². The fourth-order valence-corrected chi connectivity index (χ4v) is 11.6. The van der Waals surface area contributed by atoms with Crippen LogP contribution in [0.25, 0.3) is 0 Å². The second kappa shape index (κ2) is 10.5. The number of fused-ring (bicyclic) bond motifs is 7. The van der Waals surface area contributed by atoms with E-state index in [0.717, 1.165) is 38.5 Å². The van der Waals surface area contributed by atoms with Crippen molar-refractivity contribution < 1.29 is 14.3 Å². The van der Waals surface area contributed by atoms with E-state index in [1.807, 2.05) is 0 Å². The van der Waals surface area contributed by atoms with Crippen molar-refractivity contribution in [3.63, 3.8) is 0 Å². The number of ketones is 1. The van der Waals surface area contributed by atoms with Crippen LogP contribution in [0.4, 0.5) is 0 Å². The van der Waals surface area contributed by atoms with Gasteiger partial charge in [0.05, 0.1) is 0 Å². The van der Waals surface area contributed by atoms with Gasteiger partial charge in [-0.25, -0.2) is 0 Å². The summed E-state index contributed by atoms with van der Waals surface area (Å²) in [6, 6.07) is 0. The van der Waals surface area contributed by atoms with E-state index in [1.165, 1.54) is 56.9 Å². The van der Waals surface area contributed by atoms with Crippen molar-refractivity contribution in [3.05, 3.63) is 11.6 Å². The molecular formula is C38H62O3. The van der Waals surface area contributed by atoms with Gasteiger partial charge in [0.1, 0.15) is 6.10 Å². The largest absolute Gasteiger partial charge is 0.462 e. The highest BCUT2D eigenvalue weighted by Gasteiger charge is 2.70. The predicted molar refractivity (Wildman–Crippen MR) is 168 cm³/mol. The second-order valence-corrected chi connectivity index (χ2v) is 17.9. The molecule has 0 spiro atoms. The summed E-state index contributed by atoms with van der Waals surface area (Å²) in [5, 5.41) is 0. The van der Waals surface area contributed by atoms with Gasteiger partial charge in [-0.15, -0.1) is 0 Å². The molecule has 3 heteroatoms. The first-order valence-electron chi connectivity index (χ1n) is 17.5. The Bertz CT molecular complexity index is 1070. The van der Waals surface area contributed by atoms with Gasteiger partial charge in [-0.05, 0) is 109 Å². The molecule has 5 rings (SSSR count). The van der Waals surface area contributed by atoms with Crippen molar-refractivity contribution in [2.24, 2.45) is 50.2 Å². The van der Waals surface area contributed by atoms with Crippen molar-refractivity contribution in [3.8, 4) is 0 Å². The molecule has 0 aromatic heterocycles. The van der Waals surface area contributed by atoms with Crippen molar-refractivity contribution in [2.45, 2.75) is 165 Å². The third kappa shape index (κ3) is 4.90. The number of hydrogen-bond donors (Lipinski definition) is 0. The molecular weight excluding hydrogens is 504 g/mol. The molecule has 4 fully saturated rings. The number of hydrogen-bond acceptors (Lipinski definition) is 3. The smallest absolute Gasteiger partial charge is 0.306 e. The highest BCUT2D eigenvalue weighted by atomic mass is 16.5. The van der Waals surface area contributed by atoms with Crippen LogP contribution in [0.1, 0.15) is 159 Å². The highest BCUT2D eigenvalue weighted by molar-refractivity contribution is 5.95. The van der Waals surface area contributed by atoms with Gasteiger partial charge in [0.25, 0.3) is 0 Å². The average Bonchev–Trinajstić information content (AvgIpc) is 2.88. The molecule has 5 aliphatic rings. The van der Waals surface area contributed by atoms with Gasteiger partial charge in [0.15, 0.2) is 5.78 Å². The minimum absolute atomic E-state index is 0.0135. The monoisotopic (exact) mass is 566 g/mol. The summed E-state index contributed by atoms with van der Waals surface area (Å²) in [4.78, 5) is 27.4. The van der Waals surface area contributed by atoms with Crippen molar-refractivity contribution in [1.82, 2.24) is 0 Å². The lowest BCUT2D eigenvalue weighted by atomic mass is 9.33. The first-order valence-corrected chi connectivity index (χ1v) is 17.5. The van der Waals surface area contributed by atoms with Crippen molar-refractivity contribution in [1.29, 1.82) is 0 Å². The van der Waals surface area contributed by atoms with Crippen LogP contribution < -0.4 is 0 Å². The van der Waals surface area contributed by atoms with E-state index in [-0.39, 0.29) is 39.7 Å². The van der Waals surface area contributed by atoms with Gasteiger partial charge >= 0.3 is 5.97 Å². The molecule has 0 saturated heterocycles. The zero-order valence-electron chi connectivity index (χ0n) is 28.2. The summed E-state index contributed by atoms with van der Waals surface area (Å²) < 4.78 is 6.25. The standard InChI is InChI=1S/C38H62O3/c1-10-11-12-13-14-15-31(40)41-30-17-18-36(7)29(34(30,4)5)16-19-38(9)32(36)28(39)24-26-27-25-33(2,3)20-21-35(27,6)22-23-37(26,38)8/h24,27,29-30,32H,10-23,25H2,1-9H3/t27-,29-,30-,32+,35+,36-,37+,38+/m0/s1. The maximum Gasteiger partial charge on any atom is 0.306 e. The summed E-state index contributed by atoms with van der Waals surface area (Å²) in [6.45, 7) is 21.8. The molecule has 3 nitrogen and oxygen atoms in total. The molecule has 0 amide bonds. The van der Waals surface area contributed by atoms with Gasteiger partial charge in [0.2, 0.25) is 0 Å². The minimum Gasteiger partial charge on any atom is -0.462 e. The fraction of sp³-hybridized carbons (Fsp3) is 0.895. The molecule has 4 saturated carbocycles. The normalized spacial score (nSPS) is 44.5. The van der Waals surface area contributed by atoms with Crippen molar-refractivity contribution >= 4 is 11.8 Å². The molecule has 0 radical (unpaired) electrons. The van der Waals surface area contributed by atoms with E-state index in [2.05, 4.69) is 68.4 Å². The number of rotatable bonds is 7. The Morgan fingerprint density at radius 2 is 1.54 bits per heavy atom. The summed E-state index contributed by atoms with van der Waals surface area (Å²) >= 11 is 0. The van der Waals surface area contributed by atoms with Crippen LogP contribution in [-0.4, -0.2) is 17.9 Å². The molecule has 0 bridgehead atoms. The fourth-order valence-electron chi connectivity index (χ4n) is 11.6. The first kappa shape index (κ1) is 31.3. The van der Waals surface area contributed by atoms with Gasteiger partial charge in [0, 0.05) is 17.8 Å². The maximum atomic E-state index is 14.5. The van der Waals surface area contributed by atoms with Gasteiger partial charge < -0.3 is 4.74 Å². The molecule has 0 heterocycles. The molecule has 8 atom stereocenters. The Balaban J connectivity index is 1.40. The lowest BCUT2D eigenvalue weighted by Gasteiger charge is -2.70. The molecule has 0 N–H and O–H groups in total. The second-order valence-electron chi connectivity index (χ2n) is 17.9. The summed E-state index contributed by atoms with van der Waals surface area (Å²) in [5.41, 5.74) is 2.09. The van der Waals surface area contributed by atoms with Gasteiger partial charge in [-0.3, -0.25) is 9.59 Å². The van der Waals surface area contributed by atoms with E-state index in [1.54, 1.807) is 0 Å².